The van der Waals surface area contributed by atoms with Crippen molar-refractivity contribution in [1.82, 2.24) is 4.90 Å². The van der Waals surface area contributed by atoms with E-state index < -0.39 is 0 Å². The Hall–Kier alpha value is 0.0500. The summed E-state index contributed by atoms with van der Waals surface area (Å²) in [5.41, 5.74) is 0. The van der Waals surface area contributed by atoms with E-state index in [4.69, 9.17) is 0 Å². The van der Waals surface area contributed by atoms with Gasteiger partial charge in [0.1, 0.15) is 0 Å². The van der Waals surface area contributed by atoms with Crippen LogP contribution in [0.1, 0.15) is 32.6 Å². The van der Waals surface area contributed by atoms with E-state index in [2.05, 4.69) is 36.6 Å². The minimum absolute atomic E-state index is 0.770. The maximum Gasteiger partial charge on any atom is 0.0166 e. The lowest BCUT2D eigenvalue weighted by Crippen LogP contribution is -2.32. The summed E-state index contributed by atoms with van der Waals surface area (Å²) in [5, 5.41) is 0. The van der Waals surface area contributed by atoms with Gasteiger partial charge in [-0.05, 0) is 26.3 Å². The fraction of sp³-hybridized carbons (Fsp3) is 0.818. The zero-order valence-electron chi connectivity index (χ0n) is 8.58. The van der Waals surface area contributed by atoms with Crippen molar-refractivity contribution in [1.29, 1.82) is 0 Å². The van der Waals surface area contributed by atoms with Gasteiger partial charge >= 0.3 is 0 Å². The van der Waals surface area contributed by atoms with Crippen LogP contribution in [-0.4, -0.2) is 29.8 Å². The number of nitrogens with zero attached hydrogens (tertiary/aromatic N) is 1. The third-order valence-corrected chi connectivity index (χ3v) is 3.01. The number of likely N-dealkylation sites (tertiary alicyclic amines) is 1. The summed E-state index contributed by atoms with van der Waals surface area (Å²) in [7, 11) is 0. The highest BCUT2D eigenvalue weighted by atomic mass is 32.1. The predicted molar refractivity (Wildman–Crippen MR) is 62.5 cm³/mol. The van der Waals surface area contributed by atoms with Crippen molar-refractivity contribution in [3.05, 3.63) is 12.2 Å². The maximum atomic E-state index is 4.16. The molecule has 0 aliphatic carbocycles. The molecule has 1 heterocycles. The van der Waals surface area contributed by atoms with E-state index in [9.17, 15) is 0 Å². The molecular weight excluding hydrogens is 178 g/mol. The molecule has 1 nitrogen and oxygen atoms in total. The van der Waals surface area contributed by atoms with Crippen LogP contribution >= 0.6 is 12.6 Å². The quantitative estimate of drug-likeness (QED) is 0.540. The summed E-state index contributed by atoms with van der Waals surface area (Å²) in [5.74, 6) is 0.863. The fourth-order valence-electron chi connectivity index (χ4n) is 1.89. The normalized spacial score (nSPS) is 26.5. The van der Waals surface area contributed by atoms with Crippen LogP contribution < -0.4 is 0 Å². The minimum Gasteiger partial charge on any atom is -0.297 e. The Morgan fingerprint density at radius 2 is 2.15 bits per heavy atom. The highest BCUT2D eigenvalue weighted by Crippen LogP contribution is 2.15. The van der Waals surface area contributed by atoms with E-state index in [1.165, 1.54) is 32.2 Å². The monoisotopic (exact) mass is 199 g/mol. The summed E-state index contributed by atoms with van der Waals surface area (Å²) < 4.78 is 0. The SMILES string of the molecule is CC1CCCCCN1CC=CCS. The first-order valence-electron chi connectivity index (χ1n) is 5.34. The van der Waals surface area contributed by atoms with Gasteiger partial charge in [-0.2, -0.15) is 12.6 Å². The largest absolute Gasteiger partial charge is 0.297 e. The first kappa shape index (κ1) is 11.1. The van der Waals surface area contributed by atoms with Crippen molar-refractivity contribution in [2.75, 3.05) is 18.8 Å². The summed E-state index contributed by atoms with van der Waals surface area (Å²) in [6.45, 7) is 4.74. The Bertz CT molecular complexity index is 156. The van der Waals surface area contributed by atoms with Crippen LogP contribution in [0.2, 0.25) is 0 Å². The van der Waals surface area contributed by atoms with Gasteiger partial charge in [0.25, 0.3) is 0 Å². The molecule has 1 aliphatic rings. The van der Waals surface area contributed by atoms with Crippen LogP contribution in [0.5, 0.6) is 0 Å². The van der Waals surface area contributed by atoms with Crippen LogP contribution in [0, 0.1) is 0 Å². The summed E-state index contributed by atoms with van der Waals surface area (Å²) in [6.07, 6.45) is 9.95. The average Bonchev–Trinajstić information content (AvgIpc) is 2.32. The van der Waals surface area contributed by atoms with Gasteiger partial charge in [0.2, 0.25) is 0 Å². The van der Waals surface area contributed by atoms with E-state index in [-0.39, 0.29) is 0 Å². The molecule has 1 aliphatic heterocycles. The van der Waals surface area contributed by atoms with Crippen molar-refractivity contribution in [3.63, 3.8) is 0 Å². The Kier molecular flexibility index (Phi) is 5.56. The van der Waals surface area contributed by atoms with Crippen molar-refractivity contribution >= 4 is 12.6 Å². The molecule has 1 saturated heterocycles. The van der Waals surface area contributed by atoms with Gasteiger partial charge in [-0.3, -0.25) is 4.90 Å². The van der Waals surface area contributed by atoms with Gasteiger partial charge in [-0.25, -0.2) is 0 Å². The average molecular weight is 199 g/mol. The van der Waals surface area contributed by atoms with Gasteiger partial charge in [-0.15, -0.1) is 0 Å². The molecule has 1 atom stereocenters. The Morgan fingerprint density at radius 3 is 2.92 bits per heavy atom. The predicted octanol–water partition coefficient (Wildman–Crippen LogP) is 2.74. The number of rotatable bonds is 3. The molecule has 0 amide bonds. The molecule has 0 aromatic carbocycles. The van der Waals surface area contributed by atoms with Crippen LogP contribution in [-0.2, 0) is 0 Å². The molecule has 13 heavy (non-hydrogen) atoms. The van der Waals surface area contributed by atoms with Crippen molar-refractivity contribution in [2.45, 2.75) is 38.6 Å². The number of hydrogen-bond acceptors (Lipinski definition) is 2. The second-order valence-corrected chi connectivity index (χ2v) is 4.21. The van der Waals surface area contributed by atoms with Gasteiger partial charge in [0.15, 0.2) is 0 Å². The highest BCUT2D eigenvalue weighted by Gasteiger charge is 2.14. The third-order valence-electron chi connectivity index (χ3n) is 2.80. The molecular formula is C11H21NS. The molecule has 0 radical (unpaired) electrons. The Morgan fingerprint density at radius 1 is 1.31 bits per heavy atom. The lowest BCUT2D eigenvalue weighted by atomic mass is 10.1. The fourth-order valence-corrected chi connectivity index (χ4v) is 2.04. The van der Waals surface area contributed by atoms with E-state index in [1.54, 1.807) is 0 Å². The lowest BCUT2D eigenvalue weighted by Gasteiger charge is -2.25. The summed E-state index contributed by atoms with van der Waals surface area (Å²) in [6, 6.07) is 0.770. The topological polar surface area (TPSA) is 3.24 Å². The Labute approximate surface area is 87.6 Å². The summed E-state index contributed by atoms with van der Waals surface area (Å²) in [4.78, 5) is 2.58. The van der Waals surface area contributed by atoms with Crippen LogP contribution in [0.25, 0.3) is 0 Å². The van der Waals surface area contributed by atoms with E-state index in [0.29, 0.717) is 0 Å². The van der Waals surface area contributed by atoms with E-state index in [0.717, 1.165) is 18.3 Å². The first-order valence-corrected chi connectivity index (χ1v) is 5.97. The molecule has 0 aromatic rings. The van der Waals surface area contributed by atoms with Crippen LogP contribution in [0.3, 0.4) is 0 Å². The first-order chi connectivity index (χ1) is 6.34. The molecule has 2 heteroatoms. The second-order valence-electron chi connectivity index (χ2n) is 3.85. The van der Waals surface area contributed by atoms with Gasteiger partial charge in [0.05, 0.1) is 0 Å². The molecule has 0 N–H and O–H groups in total. The smallest absolute Gasteiger partial charge is 0.0166 e. The van der Waals surface area contributed by atoms with Crippen molar-refractivity contribution in [3.8, 4) is 0 Å². The minimum atomic E-state index is 0.770. The summed E-state index contributed by atoms with van der Waals surface area (Å²) >= 11 is 4.16. The third kappa shape index (κ3) is 4.19. The standard InChI is InChI=1S/C11H21NS/c1-11-7-3-2-4-8-12(11)9-5-6-10-13/h5-6,11,13H,2-4,7-10H2,1H3. The molecule has 1 unspecified atom stereocenters. The molecule has 1 fully saturated rings. The molecule has 0 saturated carbocycles. The molecule has 0 spiro atoms. The zero-order chi connectivity index (χ0) is 9.52. The van der Waals surface area contributed by atoms with Gasteiger partial charge in [0, 0.05) is 18.3 Å². The molecule has 1 rings (SSSR count). The molecule has 0 aromatic heterocycles. The molecule has 0 bridgehead atoms. The van der Waals surface area contributed by atoms with Crippen LogP contribution in [0.4, 0.5) is 0 Å². The highest BCUT2D eigenvalue weighted by molar-refractivity contribution is 7.80. The zero-order valence-corrected chi connectivity index (χ0v) is 9.47. The Balaban J connectivity index is 2.31. The van der Waals surface area contributed by atoms with Crippen molar-refractivity contribution < 1.29 is 0 Å². The van der Waals surface area contributed by atoms with E-state index >= 15 is 0 Å². The number of hydrogen-bond donors (Lipinski definition) is 1. The van der Waals surface area contributed by atoms with Gasteiger partial charge < -0.3 is 0 Å². The second kappa shape index (κ2) is 6.50. The molecule has 76 valence electrons. The lowest BCUT2D eigenvalue weighted by molar-refractivity contribution is 0.237. The van der Waals surface area contributed by atoms with Gasteiger partial charge in [-0.1, -0.05) is 25.0 Å². The van der Waals surface area contributed by atoms with Crippen LogP contribution in [0.15, 0.2) is 12.2 Å². The number of thiol groups is 1. The van der Waals surface area contributed by atoms with E-state index in [1.807, 2.05) is 0 Å². The van der Waals surface area contributed by atoms with Crippen molar-refractivity contribution in [2.24, 2.45) is 0 Å². The maximum absolute atomic E-state index is 4.16.